The minimum Gasteiger partial charge on any atom is -0.497 e. The third-order valence-electron chi connectivity index (χ3n) is 10.4. The van der Waals surface area contributed by atoms with Gasteiger partial charge in [0.05, 0.1) is 25.7 Å². The lowest BCUT2D eigenvalue weighted by Crippen LogP contribution is -2.51. The molecule has 1 aromatic heterocycles. The van der Waals surface area contributed by atoms with Gasteiger partial charge in [-0.25, -0.2) is 4.79 Å². The summed E-state index contributed by atoms with van der Waals surface area (Å²) in [6.45, 7) is -0.173. The number of ether oxygens (including phenoxy) is 3. The van der Waals surface area contributed by atoms with Crippen molar-refractivity contribution in [2.75, 3.05) is 26.1 Å². The average molecular weight is 827 g/mol. The first-order valence-electron chi connectivity index (χ1n) is 19.2. The zero-order valence-corrected chi connectivity index (χ0v) is 32.8. The number of aliphatic hydroxyl groups is 2. The smallest absolute Gasteiger partial charge is 0.471 e. The van der Waals surface area contributed by atoms with Crippen LogP contribution in [0, 0.1) is 0 Å². The van der Waals surface area contributed by atoms with Gasteiger partial charge in [0.1, 0.15) is 35.8 Å². The molecule has 1 saturated heterocycles. The lowest BCUT2D eigenvalue weighted by Gasteiger charge is -2.43. The molecule has 12 nitrogen and oxygen atoms in total. The maximum atomic E-state index is 13.8. The van der Waals surface area contributed by atoms with E-state index in [0.29, 0.717) is 52.2 Å². The Morgan fingerprint density at radius 2 is 1.45 bits per heavy atom. The second-order valence-electron chi connectivity index (χ2n) is 14.1. The summed E-state index contributed by atoms with van der Waals surface area (Å²) in [6.07, 6.45) is -4.38. The monoisotopic (exact) mass is 826 g/mol. The van der Waals surface area contributed by atoms with Crippen LogP contribution in [0.1, 0.15) is 64.5 Å². The van der Waals surface area contributed by atoms with Crippen LogP contribution in [-0.4, -0.2) is 76.8 Å². The Morgan fingerprint density at radius 1 is 0.883 bits per heavy atom. The number of anilines is 1. The molecule has 4 aromatic carbocycles. The van der Waals surface area contributed by atoms with E-state index < -0.39 is 53.6 Å². The summed E-state index contributed by atoms with van der Waals surface area (Å²) in [5.41, 5.74) is 0.495. The standard InChI is InChI=1S/C45H45F3N4O8/c1-58-34-22-18-32(19-23-34)44(31-16-10-6-11-17-31,33-20-24-35(59-2)25-21-33)39(54)38-36(53)27-37(60-38)52-28-30(15-7-3-4-12-26-49-42(56)45(46,47)48)40(51-43(52)57)50-41(55)29-13-8-5-9-14-29/h5-11,13-25,28,36-39,53-54H,3-4,12,26-27H2,1-2H3,(H,49,56)(H,50,51,55,57)/t36-,37+,38-,39?/m0/s1. The molecule has 6 rings (SSSR count). The number of nitrogens with one attached hydrogen (secondary N) is 2. The van der Waals surface area contributed by atoms with Gasteiger partial charge in [0.2, 0.25) is 0 Å². The summed E-state index contributed by atoms with van der Waals surface area (Å²) in [5, 5.41) is 29.0. The number of allylic oxidation sites excluding steroid dienone is 1. The first kappa shape index (κ1) is 43.3. The number of carbonyl (C=O) groups is 2. The highest BCUT2D eigenvalue weighted by molar-refractivity contribution is 6.04. The van der Waals surface area contributed by atoms with Gasteiger partial charge in [0.15, 0.2) is 0 Å². The van der Waals surface area contributed by atoms with Crippen molar-refractivity contribution < 1.29 is 47.2 Å². The van der Waals surface area contributed by atoms with Gasteiger partial charge >= 0.3 is 17.8 Å². The third kappa shape index (κ3) is 9.60. The van der Waals surface area contributed by atoms with Crippen molar-refractivity contribution in [1.29, 1.82) is 0 Å². The van der Waals surface area contributed by atoms with Gasteiger partial charge < -0.3 is 35.1 Å². The summed E-state index contributed by atoms with van der Waals surface area (Å²) in [5.74, 6) is -1.41. The summed E-state index contributed by atoms with van der Waals surface area (Å²) in [7, 11) is 3.10. The molecule has 0 aliphatic carbocycles. The number of carbonyl (C=O) groups excluding carboxylic acids is 2. The van der Waals surface area contributed by atoms with E-state index in [1.807, 2.05) is 59.9 Å². The summed E-state index contributed by atoms with van der Waals surface area (Å²) < 4.78 is 56.2. The van der Waals surface area contributed by atoms with Crippen molar-refractivity contribution in [2.45, 2.75) is 61.8 Å². The van der Waals surface area contributed by atoms with Crippen molar-refractivity contribution in [3.05, 3.63) is 160 Å². The molecule has 314 valence electrons. The molecule has 0 spiro atoms. The zero-order chi connectivity index (χ0) is 42.9. The number of benzene rings is 4. The molecule has 4 N–H and O–H groups in total. The number of methoxy groups -OCH3 is 2. The van der Waals surface area contributed by atoms with Gasteiger partial charge in [0.25, 0.3) is 5.91 Å². The molecular weight excluding hydrogens is 782 g/mol. The number of nitrogens with zero attached hydrogens (tertiary/aromatic N) is 2. The Hall–Kier alpha value is -6.29. The van der Waals surface area contributed by atoms with E-state index in [0.717, 1.165) is 0 Å². The molecule has 4 atom stereocenters. The number of halogens is 3. The topological polar surface area (TPSA) is 161 Å². The molecule has 1 unspecified atom stereocenters. The van der Waals surface area contributed by atoms with Gasteiger partial charge in [-0.3, -0.25) is 14.2 Å². The number of aromatic nitrogens is 2. The van der Waals surface area contributed by atoms with E-state index in [1.54, 1.807) is 81.0 Å². The highest BCUT2D eigenvalue weighted by Crippen LogP contribution is 2.47. The van der Waals surface area contributed by atoms with Crippen LogP contribution in [0.4, 0.5) is 19.0 Å². The molecule has 0 saturated carbocycles. The molecule has 60 heavy (non-hydrogen) atoms. The van der Waals surface area contributed by atoms with E-state index in [9.17, 15) is 37.8 Å². The normalized spacial score (nSPS) is 17.3. The number of hydrogen-bond acceptors (Lipinski definition) is 9. The summed E-state index contributed by atoms with van der Waals surface area (Å²) >= 11 is 0. The van der Waals surface area contributed by atoms with Crippen LogP contribution >= 0.6 is 0 Å². The fourth-order valence-electron chi connectivity index (χ4n) is 7.38. The van der Waals surface area contributed by atoms with E-state index >= 15 is 0 Å². The Morgan fingerprint density at radius 3 is 2.02 bits per heavy atom. The van der Waals surface area contributed by atoms with Gasteiger partial charge in [-0.1, -0.05) is 84.9 Å². The van der Waals surface area contributed by atoms with Crippen LogP contribution in [0.15, 0.2) is 126 Å². The highest BCUT2D eigenvalue weighted by Gasteiger charge is 2.52. The summed E-state index contributed by atoms with van der Waals surface area (Å²) in [6, 6.07) is 32.1. The largest absolute Gasteiger partial charge is 0.497 e. The lowest BCUT2D eigenvalue weighted by atomic mass is 9.64. The van der Waals surface area contributed by atoms with Crippen molar-refractivity contribution in [3.8, 4) is 11.5 Å². The van der Waals surface area contributed by atoms with Crippen molar-refractivity contribution in [1.82, 2.24) is 14.9 Å². The van der Waals surface area contributed by atoms with Crippen LogP contribution in [0.25, 0.3) is 6.08 Å². The Labute approximate surface area is 344 Å². The van der Waals surface area contributed by atoms with E-state index in [2.05, 4.69) is 10.3 Å². The molecule has 2 amide bonds. The van der Waals surface area contributed by atoms with E-state index in [4.69, 9.17) is 14.2 Å². The first-order chi connectivity index (χ1) is 28.9. The van der Waals surface area contributed by atoms with Gasteiger partial charge in [-0.05, 0) is 72.4 Å². The molecule has 2 heterocycles. The van der Waals surface area contributed by atoms with Crippen LogP contribution in [0.5, 0.6) is 11.5 Å². The maximum Gasteiger partial charge on any atom is 0.471 e. The van der Waals surface area contributed by atoms with Crippen molar-refractivity contribution in [2.24, 2.45) is 0 Å². The second kappa shape index (κ2) is 19.2. The highest BCUT2D eigenvalue weighted by atomic mass is 19.4. The van der Waals surface area contributed by atoms with Gasteiger partial charge in [0, 0.05) is 30.3 Å². The quantitative estimate of drug-likeness (QED) is 0.0651. The molecular formula is C45H45F3N4O8. The predicted molar refractivity (Wildman–Crippen MR) is 218 cm³/mol. The van der Waals surface area contributed by atoms with Crippen LogP contribution in [-0.2, 0) is 14.9 Å². The Balaban J connectivity index is 1.33. The van der Waals surface area contributed by atoms with Crippen LogP contribution in [0.3, 0.4) is 0 Å². The minimum atomic E-state index is -4.97. The number of alkyl halides is 3. The number of amides is 2. The lowest BCUT2D eigenvalue weighted by molar-refractivity contribution is -0.173. The van der Waals surface area contributed by atoms with Gasteiger partial charge in [-0.2, -0.15) is 18.2 Å². The SMILES string of the molecule is COc1ccc(C(c2ccccc2)(c2ccc(OC)cc2)C(O)[C@H]2O[C@@H](n3cc(C=CCCCCNC(=O)C(F)(F)F)c(NC(=O)c4ccccc4)nc3=O)C[C@@H]2O)cc1. The fraction of sp³-hybridized carbons (Fsp3) is 0.289. The zero-order valence-electron chi connectivity index (χ0n) is 32.8. The van der Waals surface area contributed by atoms with Gasteiger partial charge in [-0.15, -0.1) is 0 Å². The number of aliphatic hydroxyl groups excluding tert-OH is 2. The van der Waals surface area contributed by atoms with E-state index in [1.165, 1.54) is 10.8 Å². The number of unbranched alkanes of at least 4 members (excludes halogenated alkanes) is 2. The Bertz CT molecular complexity index is 2260. The first-order valence-corrected chi connectivity index (χ1v) is 19.2. The average Bonchev–Trinajstić information content (AvgIpc) is 3.65. The molecule has 15 heteroatoms. The van der Waals surface area contributed by atoms with E-state index in [-0.39, 0.29) is 25.2 Å². The minimum absolute atomic E-state index is 0.0592. The third-order valence-corrected chi connectivity index (χ3v) is 10.4. The predicted octanol–water partition coefficient (Wildman–Crippen LogP) is 6.42. The van der Waals surface area contributed by atoms with Crippen molar-refractivity contribution >= 4 is 23.7 Å². The number of hydrogen-bond donors (Lipinski definition) is 4. The van der Waals surface area contributed by atoms with Crippen molar-refractivity contribution in [3.63, 3.8) is 0 Å². The molecule has 0 radical (unpaired) electrons. The molecule has 1 aliphatic heterocycles. The fourth-order valence-corrected chi connectivity index (χ4v) is 7.38. The molecule has 0 bridgehead atoms. The molecule has 1 aliphatic rings. The van der Waals surface area contributed by atoms with Crippen LogP contribution in [0.2, 0.25) is 0 Å². The Kier molecular flexibility index (Phi) is 13.8. The number of rotatable bonds is 16. The maximum absolute atomic E-state index is 13.8. The molecule has 1 fully saturated rings. The molecule has 5 aromatic rings. The summed E-state index contributed by atoms with van der Waals surface area (Å²) in [4.78, 5) is 42.3. The second-order valence-corrected chi connectivity index (χ2v) is 14.1. The van der Waals surface area contributed by atoms with Crippen LogP contribution < -0.4 is 25.8 Å².